The maximum Gasteiger partial charge on any atom is 0.248 e. The van der Waals surface area contributed by atoms with Gasteiger partial charge in [-0.3, -0.25) is 4.79 Å². The molecular formula is C63H67NO11S. The molecule has 396 valence electrons. The Labute approximate surface area is 450 Å². The van der Waals surface area contributed by atoms with Gasteiger partial charge < -0.3 is 53.1 Å². The minimum Gasteiger partial charge on any atom is -0.374 e. The van der Waals surface area contributed by atoms with Crippen LogP contribution in [0.15, 0.2) is 206 Å². The lowest BCUT2D eigenvalue weighted by molar-refractivity contribution is -0.284. The molecule has 0 unspecified atom stereocenters. The molecule has 7 aromatic rings. The minimum atomic E-state index is -0.819. The standard InChI is InChI=1S/C63H67NO11S/c1-66-62-58(72-41-49-28-16-6-17-29-49)57(71-40-48-26-14-5-15-27-48)60(54(74-62)44-68-36-45-20-8-2-9-21-45)76-63-59(73-42-50-30-18-7-19-31-50)56(70-39-47-24-12-4-13-25-47)55(69-38-46-22-10-3-11-23-46)53(75-63)43-67-37-51-32-34-52(35-33-51)61(64)65/h2-35,53-60,62-63H,36-44H2,1H3,(H2,64,65)/t53-,54-,55-,56+,57-,58-,59-,60-,62+,63+/m1/s1. The van der Waals surface area contributed by atoms with Crippen molar-refractivity contribution in [2.75, 3.05) is 20.3 Å². The number of methoxy groups -OCH3 is 1. The molecule has 2 saturated heterocycles. The highest BCUT2D eigenvalue weighted by atomic mass is 32.2. The summed E-state index contributed by atoms with van der Waals surface area (Å²) in [6.45, 7) is 2.31. The Kier molecular flexibility index (Phi) is 20.8. The van der Waals surface area contributed by atoms with Crippen LogP contribution in [0.2, 0.25) is 0 Å². The average molecular weight is 1050 g/mol. The van der Waals surface area contributed by atoms with Crippen LogP contribution in [0.4, 0.5) is 0 Å². The van der Waals surface area contributed by atoms with Crippen molar-refractivity contribution in [3.05, 3.63) is 251 Å². The van der Waals surface area contributed by atoms with E-state index in [0.717, 1.165) is 38.9 Å². The van der Waals surface area contributed by atoms with Gasteiger partial charge in [0.2, 0.25) is 5.91 Å². The zero-order chi connectivity index (χ0) is 52.2. The lowest BCUT2D eigenvalue weighted by Gasteiger charge is -2.50. The number of rotatable bonds is 27. The first-order valence-corrected chi connectivity index (χ1v) is 26.8. The third-order valence-electron chi connectivity index (χ3n) is 13.3. The number of carbonyl (C=O) groups excluding carboxylic acids is 1. The molecule has 2 aliphatic heterocycles. The number of thioether (sulfide) groups is 1. The number of amides is 1. The summed E-state index contributed by atoms with van der Waals surface area (Å²) >= 11 is 1.55. The number of primary amides is 1. The maximum atomic E-state index is 11.9. The van der Waals surface area contributed by atoms with Gasteiger partial charge in [-0.1, -0.05) is 194 Å². The van der Waals surface area contributed by atoms with Gasteiger partial charge in [-0.2, -0.15) is 0 Å². The van der Waals surface area contributed by atoms with Gasteiger partial charge in [0.1, 0.15) is 42.1 Å². The van der Waals surface area contributed by atoms with Crippen molar-refractivity contribution < 1.29 is 52.2 Å². The van der Waals surface area contributed by atoms with Gasteiger partial charge in [0.25, 0.3) is 0 Å². The second kappa shape index (κ2) is 28.9. The van der Waals surface area contributed by atoms with Crippen molar-refractivity contribution >= 4 is 17.7 Å². The number of ether oxygens (including phenoxy) is 10. The van der Waals surface area contributed by atoms with Crippen molar-refractivity contribution in [3.63, 3.8) is 0 Å². The van der Waals surface area contributed by atoms with E-state index in [2.05, 4.69) is 0 Å². The van der Waals surface area contributed by atoms with Crippen molar-refractivity contribution in [1.29, 1.82) is 0 Å². The van der Waals surface area contributed by atoms with Crippen LogP contribution in [-0.2, 0) is 93.6 Å². The lowest BCUT2D eigenvalue weighted by Crippen LogP contribution is -2.63. The van der Waals surface area contributed by atoms with Gasteiger partial charge >= 0.3 is 0 Å². The predicted molar refractivity (Wildman–Crippen MR) is 292 cm³/mol. The molecule has 0 aliphatic carbocycles. The monoisotopic (exact) mass is 1050 g/mol. The number of hydrogen-bond donors (Lipinski definition) is 1. The van der Waals surface area contributed by atoms with E-state index >= 15 is 0 Å². The van der Waals surface area contributed by atoms with E-state index in [0.29, 0.717) is 12.2 Å². The van der Waals surface area contributed by atoms with Crippen molar-refractivity contribution in [1.82, 2.24) is 0 Å². The molecular weight excluding hydrogens is 979 g/mol. The van der Waals surface area contributed by atoms with Crippen LogP contribution in [0.25, 0.3) is 0 Å². The van der Waals surface area contributed by atoms with Gasteiger partial charge in [0.05, 0.1) is 70.8 Å². The first kappa shape index (κ1) is 54.7. The van der Waals surface area contributed by atoms with Crippen LogP contribution < -0.4 is 5.73 Å². The quantitative estimate of drug-likeness (QED) is 0.0525. The van der Waals surface area contributed by atoms with Crippen molar-refractivity contribution in [2.45, 2.75) is 106 Å². The van der Waals surface area contributed by atoms with E-state index in [1.165, 1.54) is 0 Å². The van der Waals surface area contributed by atoms with Crippen LogP contribution in [0, 0.1) is 0 Å². The van der Waals surface area contributed by atoms with Crippen molar-refractivity contribution in [2.24, 2.45) is 5.73 Å². The fraction of sp³-hybridized carbons (Fsp3) is 0.317. The van der Waals surface area contributed by atoms with Gasteiger partial charge in [-0.15, -0.1) is 11.8 Å². The maximum absolute atomic E-state index is 11.9. The molecule has 0 radical (unpaired) electrons. The Morgan fingerprint density at radius 1 is 0.408 bits per heavy atom. The van der Waals surface area contributed by atoms with Crippen LogP contribution in [0.5, 0.6) is 0 Å². The van der Waals surface area contributed by atoms with Crippen molar-refractivity contribution in [3.8, 4) is 0 Å². The fourth-order valence-electron chi connectivity index (χ4n) is 9.34. The van der Waals surface area contributed by atoms with E-state index in [4.69, 9.17) is 53.1 Å². The second-order valence-corrected chi connectivity index (χ2v) is 20.1. The first-order valence-electron chi connectivity index (χ1n) is 25.8. The number of carbonyl (C=O) groups is 1. The predicted octanol–water partition coefficient (Wildman–Crippen LogP) is 10.6. The number of nitrogens with two attached hydrogens (primary N) is 1. The smallest absolute Gasteiger partial charge is 0.248 e. The zero-order valence-corrected chi connectivity index (χ0v) is 43.6. The molecule has 13 heteroatoms. The molecule has 2 heterocycles. The first-order chi connectivity index (χ1) is 37.5. The normalized spacial score (nSPS) is 23.5. The van der Waals surface area contributed by atoms with Gasteiger partial charge in [0.15, 0.2) is 6.29 Å². The molecule has 0 spiro atoms. The molecule has 10 atom stereocenters. The number of hydrogen-bond acceptors (Lipinski definition) is 12. The molecule has 76 heavy (non-hydrogen) atoms. The molecule has 9 rings (SSSR count). The summed E-state index contributed by atoms with van der Waals surface area (Å²) in [4.78, 5) is 11.9. The summed E-state index contributed by atoms with van der Waals surface area (Å²) in [5.41, 5.74) is 12.1. The summed E-state index contributed by atoms with van der Waals surface area (Å²) in [5.74, 6) is -0.497. The summed E-state index contributed by atoms with van der Waals surface area (Å²) in [6, 6.07) is 67.5. The van der Waals surface area contributed by atoms with Gasteiger partial charge in [-0.25, -0.2) is 0 Å². The van der Waals surface area contributed by atoms with E-state index in [1.54, 1.807) is 31.0 Å². The molecule has 7 aromatic carbocycles. The summed E-state index contributed by atoms with van der Waals surface area (Å²) in [6.07, 6.45) is -5.53. The van der Waals surface area contributed by atoms with Crippen LogP contribution >= 0.6 is 11.8 Å². The highest BCUT2D eigenvalue weighted by Crippen LogP contribution is 2.43. The molecule has 0 saturated carbocycles. The van der Waals surface area contributed by atoms with E-state index in [9.17, 15) is 4.79 Å². The third kappa shape index (κ3) is 15.8. The Morgan fingerprint density at radius 2 is 0.763 bits per heavy atom. The Bertz CT molecular complexity index is 2730. The third-order valence-corrected chi connectivity index (χ3v) is 14.8. The minimum absolute atomic E-state index is 0.123. The molecule has 2 aliphatic rings. The Balaban J connectivity index is 1.11. The number of benzene rings is 7. The summed E-state index contributed by atoms with van der Waals surface area (Å²) in [5, 5.41) is -0.499. The summed E-state index contributed by atoms with van der Waals surface area (Å²) < 4.78 is 69.1. The molecule has 1 amide bonds. The molecule has 12 nitrogen and oxygen atoms in total. The zero-order valence-electron chi connectivity index (χ0n) is 42.7. The molecule has 0 aromatic heterocycles. The van der Waals surface area contributed by atoms with Crippen LogP contribution in [0.1, 0.15) is 49.3 Å². The molecule has 2 fully saturated rings. The highest BCUT2D eigenvalue weighted by Gasteiger charge is 2.54. The Hall–Kier alpha value is -6.04. The fourth-order valence-corrected chi connectivity index (χ4v) is 10.9. The topological polar surface area (TPSA) is 135 Å². The highest BCUT2D eigenvalue weighted by molar-refractivity contribution is 8.00. The lowest BCUT2D eigenvalue weighted by atomic mass is 9.98. The van der Waals surface area contributed by atoms with E-state index < -0.39 is 65.6 Å². The van der Waals surface area contributed by atoms with Gasteiger partial charge in [-0.05, 0) is 51.1 Å². The molecule has 2 N–H and O–H groups in total. The second-order valence-electron chi connectivity index (χ2n) is 18.8. The Morgan fingerprint density at radius 3 is 1.18 bits per heavy atom. The average Bonchev–Trinajstić information content (AvgIpc) is 3.48. The summed E-state index contributed by atoms with van der Waals surface area (Å²) in [7, 11) is 1.63. The van der Waals surface area contributed by atoms with Crippen LogP contribution in [-0.4, -0.2) is 85.9 Å². The van der Waals surface area contributed by atoms with Gasteiger partial charge in [0, 0.05) is 12.7 Å². The molecule has 0 bridgehead atoms. The van der Waals surface area contributed by atoms with E-state index in [1.807, 2.05) is 194 Å². The van der Waals surface area contributed by atoms with Crippen LogP contribution in [0.3, 0.4) is 0 Å². The SMILES string of the molecule is CO[C@H]1O[C@H](COCc2ccccc2)[C@@H](S[C@@H]2O[C@H](COCc3ccc(C(N)=O)cc3)[C@@H](OCc3ccccc3)[C@H](OCc3ccccc3)[C@H]2OCc2ccccc2)[C@H](OCc2ccccc2)[C@H]1OCc1ccccc1. The van der Waals surface area contributed by atoms with E-state index in [-0.39, 0.29) is 52.9 Å². The largest absolute Gasteiger partial charge is 0.374 e.